The molecule has 0 spiro atoms. The summed E-state index contributed by atoms with van der Waals surface area (Å²) in [5, 5.41) is 1.98. The Morgan fingerprint density at radius 2 is 1.77 bits per heavy atom. The molecular weight excluding hydrogens is 348 g/mol. The SMILES string of the molecule is CCOc1ccc(-c2ccc(CNS(=O)(=O)CC)c3cnccc23)cc1. The van der Waals surface area contributed by atoms with Crippen LogP contribution in [0.2, 0.25) is 0 Å². The maximum absolute atomic E-state index is 11.7. The van der Waals surface area contributed by atoms with Gasteiger partial charge in [-0.3, -0.25) is 4.98 Å². The Morgan fingerprint density at radius 1 is 1.00 bits per heavy atom. The van der Waals surface area contributed by atoms with Gasteiger partial charge >= 0.3 is 0 Å². The first kappa shape index (κ1) is 18.4. The highest BCUT2D eigenvalue weighted by atomic mass is 32.2. The van der Waals surface area contributed by atoms with Crippen LogP contribution in [-0.2, 0) is 16.6 Å². The number of ether oxygens (including phenoxy) is 1. The van der Waals surface area contributed by atoms with Crippen molar-refractivity contribution in [1.29, 1.82) is 0 Å². The molecule has 136 valence electrons. The molecule has 1 aromatic heterocycles. The number of rotatable bonds is 7. The molecule has 0 radical (unpaired) electrons. The standard InChI is InChI=1S/C20H22N2O3S/c1-3-25-17-8-5-15(6-9-17)18-10-7-16(13-22-26(23,24)4-2)20-14-21-12-11-19(18)20/h5-12,14,22H,3-4,13H2,1-2H3. The first-order valence-corrected chi connectivity index (χ1v) is 10.3. The molecule has 0 fully saturated rings. The lowest BCUT2D eigenvalue weighted by molar-refractivity contribution is 0.340. The van der Waals surface area contributed by atoms with E-state index in [1.807, 2.05) is 49.4 Å². The Balaban J connectivity index is 1.99. The van der Waals surface area contributed by atoms with Gasteiger partial charge in [0.2, 0.25) is 10.0 Å². The summed E-state index contributed by atoms with van der Waals surface area (Å²) in [6, 6.07) is 13.9. The van der Waals surface area contributed by atoms with Gasteiger partial charge in [-0.15, -0.1) is 0 Å². The largest absolute Gasteiger partial charge is 0.494 e. The fourth-order valence-corrected chi connectivity index (χ4v) is 3.42. The van der Waals surface area contributed by atoms with Crippen LogP contribution in [-0.4, -0.2) is 25.8 Å². The molecule has 0 saturated carbocycles. The van der Waals surface area contributed by atoms with Crippen LogP contribution < -0.4 is 9.46 Å². The first-order valence-electron chi connectivity index (χ1n) is 8.60. The number of benzene rings is 2. The van der Waals surface area contributed by atoms with Crippen LogP contribution in [0.5, 0.6) is 5.75 Å². The minimum absolute atomic E-state index is 0.0629. The first-order chi connectivity index (χ1) is 12.5. The predicted molar refractivity (Wildman–Crippen MR) is 105 cm³/mol. The number of nitrogens with zero attached hydrogens (tertiary/aromatic N) is 1. The van der Waals surface area contributed by atoms with E-state index < -0.39 is 10.0 Å². The molecule has 1 heterocycles. The second-order valence-electron chi connectivity index (χ2n) is 5.88. The topological polar surface area (TPSA) is 68.3 Å². The minimum atomic E-state index is -3.24. The molecule has 0 saturated heterocycles. The molecule has 5 nitrogen and oxygen atoms in total. The van der Waals surface area contributed by atoms with E-state index in [4.69, 9.17) is 4.74 Å². The summed E-state index contributed by atoms with van der Waals surface area (Å²) >= 11 is 0. The summed E-state index contributed by atoms with van der Waals surface area (Å²) in [6.45, 7) is 4.47. The summed E-state index contributed by atoms with van der Waals surface area (Å²) in [5.74, 6) is 0.904. The van der Waals surface area contributed by atoms with E-state index in [9.17, 15) is 8.42 Å². The fraction of sp³-hybridized carbons (Fsp3) is 0.250. The number of nitrogens with one attached hydrogen (secondary N) is 1. The number of sulfonamides is 1. The van der Waals surface area contributed by atoms with Crippen molar-refractivity contribution in [2.75, 3.05) is 12.4 Å². The zero-order valence-corrected chi connectivity index (χ0v) is 15.7. The highest BCUT2D eigenvalue weighted by molar-refractivity contribution is 7.89. The van der Waals surface area contributed by atoms with Gasteiger partial charge in [0.25, 0.3) is 0 Å². The zero-order valence-electron chi connectivity index (χ0n) is 14.9. The summed E-state index contributed by atoms with van der Waals surface area (Å²) in [6.07, 6.45) is 3.53. The summed E-state index contributed by atoms with van der Waals surface area (Å²) in [7, 11) is -3.24. The van der Waals surface area contributed by atoms with Crippen molar-refractivity contribution < 1.29 is 13.2 Å². The summed E-state index contributed by atoms with van der Waals surface area (Å²) in [5.41, 5.74) is 3.05. The van der Waals surface area contributed by atoms with Crippen molar-refractivity contribution in [3.8, 4) is 16.9 Å². The van der Waals surface area contributed by atoms with E-state index in [2.05, 4.69) is 9.71 Å². The Morgan fingerprint density at radius 3 is 2.46 bits per heavy atom. The van der Waals surface area contributed by atoms with Gasteiger partial charge in [0.1, 0.15) is 5.75 Å². The Labute approximate surface area is 154 Å². The number of aromatic nitrogens is 1. The van der Waals surface area contributed by atoms with Crippen LogP contribution in [0.25, 0.3) is 21.9 Å². The number of hydrogen-bond acceptors (Lipinski definition) is 4. The summed E-state index contributed by atoms with van der Waals surface area (Å²) < 4.78 is 31.6. The molecule has 1 N–H and O–H groups in total. The highest BCUT2D eigenvalue weighted by Crippen LogP contribution is 2.31. The maximum Gasteiger partial charge on any atom is 0.211 e. The quantitative estimate of drug-likeness (QED) is 0.688. The van der Waals surface area contributed by atoms with E-state index >= 15 is 0 Å². The Kier molecular flexibility index (Phi) is 5.54. The van der Waals surface area contributed by atoms with Gasteiger partial charge in [0.05, 0.1) is 12.4 Å². The van der Waals surface area contributed by atoms with Crippen LogP contribution in [0.15, 0.2) is 54.9 Å². The number of fused-ring (bicyclic) bond motifs is 1. The van der Waals surface area contributed by atoms with E-state index in [1.54, 1.807) is 19.3 Å². The third kappa shape index (κ3) is 4.03. The molecule has 3 rings (SSSR count). The van der Waals surface area contributed by atoms with Gasteiger partial charge in [-0.05, 0) is 54.1 Å². The lowest BCUT2D eigenvalue weighted by Crippen LogP contribution is -2.24. The van der Waals surface area contributed by atoms with Crippen molar-refractivity contribution in [2.24, 2.45) is 0 Å². The maximum atomic E-state index is 11.7. The zero-order chi connectivity index (χ0) is 18.6. The Hall–Kier alpha value is -2.44. The van der Waals surface area contributed by atoms with E-state index in [1.165, 1.54) is 0 Å². The van der Waals surface area contributed by atoms with Crippen LogP contribution in [0.4, 0.5) is 0 Å². The highest BCUT2D eigenvalue weighted by Gasteiger charge is 2.11. The van der Waals surface area contributed by atoms with Gasteiger partial charge in [-0.25, -0.2) is 13.1 Å². The van der Waals surface area contributed by atoms with Crippen molar-refractivity contribution in [3.63, 3.8) is 0 Å². The molecule has 0 aliphatic carbocycles. The third-order valence-electron chi connectivity index (χ3n) is 4.25. The number of pyridine rings is 1. The molecule has 3 aromatic rings. The van der Waals surface area contributed by atoms with Crippen molar-refractivity contribution in [1.82, 2.24) is 9.71 Å². The van der Waals surface area contributed by atoms with Gasteiger partial charge in [0, 0.05) is 24.3 Å². The van der Waals surface area contributed by atoms with Crippen LogP contribution >= 0.6 is 0 Å². The Bertz CT molecular complexity index is 999. The fourth-order valence-electron chi connectivity index (χ4n) is 2.84. The predicted octanol–water partition coefficient (Wildman–Crippen LogP) is 3.74. The lowest BCUT2D eigenvalue weighted by Gasteiger charge is -2.12. The molecular formula is C20H22N2O3S. The van der Waals surface area contributed by atoms with E-state index in [0.29, 0.717) is 6.61 Å². The van der Waals surface area contributed by atoms with Crippen molar-refractivity contribution in [3.05, 3.63) is 60.4 Å². The number of hydrogen-bond donors (Lipinski definition) is 1. The molecule has 0 unspecified atom stereocenters. The molecule has 26 heavy (non-hydrogen) atoms. The lowest BCUT2D eigenvalue weighted by atomic mass is 9.96. The van der Waals surface area contributed by atoms with Crippen molar-refractivity contribution in [2.45, 2.75) is 20.4 Å². The molecule has 6 heteroatoms. The van der Waals surface area contributed by atoms with Crippen LogP contribution in [0.3, 0.4) is 0 Å². The molecule has 0 amide bonds. The van der Waals surface area contributed by atoms with Crippen LogP contribution in [0, 0.1) is 0 Å². The van der Waals surface area contributed by atoms with Crippen molar-refractivity contribution >= 4 is 20.8 Å². The monoisotopic (exact) mass is 370 g/mol. The van der Waals surface area contributed by atoms with Gasteiger partial charge in [0.15, 0.2) is 0 Å². The smallest absolute Gasteiger partial charge is 0.211 e. The second kappa shape index (κ2) is 7.85. The minimum Gasteiger partial charge on any atom is -0.494 e. The molecule has 0 aliphatic rings. The van der Waals surface area contributed by atoms with Gasteiger partial charge in [-0.2, -0.15) is 0 Å². The molecule has 2 aromatic carbocycles. The normalized spacial score (nSPS) is 11.6. The van der Waals surface area contributed by atoms with Gasteiger partial charge in [-0.1, -0.05) is 24.3 Å². The molecule has 0 bridgehead atoms. The molecule has 0 atom stereocenters. The van der Waals surface area contributed by atoms with Gasteiger partial charge < -0.3 is 4.74 Å². The summed E-state index contributed by atoms with van der Waals surface area (Å²) in [4.78, 5) is 4.21. The van der Waals surface area contributed by atoms with E-state index in [0.717, 1.165) is 33.2 Å². The molecule has 0 aliphatic heterocycles. The van der Waals surface area contributed by atoms with E-state index in [-0.39, 0.29) is 12.3 Å². The van der Waals surface area contributed by atoms with Crippen LogP contribution in [0.1, 0.15) is 19.4 Å². The third-order valence-corrected chi connectivity index (χ3v) is 5.59. The average molecular weight is 370 g/mol. The second-order valence-corrected chi connectivity index (χ2v) is 7.97. The average Bonchev–Trinajstić information content (AvgIpc) is 2.67.